The number of amides is 1. The molecular weight excluding hydrogens is 374 g/mol. The third kappa shape index (κ3) is 3.13. The van der Waals surface area contributed by atoms with Gasteiger partial charge < -0.3 is 15.6 Å². The lowest BCUT2D eigenvalue weighted by Crippen LogP contribution is -2.08. The summed E-state index contributed by atoms with van der Waals surface area (Å²) in [5.41, 5.74) is 2.01. The van der Waals surface area contributed by atoms with Gasteiger partial charge in [-0.2, -0.15) is 0 Å². The molecule has 0 radical (unpaired) electrons. The maximum absolute atomic E-state index is 13.8. The Balaban J connectivity index is 1.63. The molecule has 142 valence electrons. The summed E-state index contributed by atoms with van der Waals surface area (Å²) in [6, 6.07) is 8.59. The number of H-pyrrole nitrogens is 1. The quantitative estimate of drug-likeness (QED) is 0.346. The highest BCUT2D eigenvalue weighted by Crippen LogP contribution is 2.35. The Morgan fingerprint density at radius 1 is 1.00 bits per heavy atom. The number of hydrogen-bond acceptors (Lipinski definition) is 2. The number of nitrogens with one attached hydrogen (secondary N) is 3. The minimum Gasteiger partial charge on any atom is -0.381 e. The van der Waals surface area contributed by atoms with Crippen molar-refractivity contribution in [3.8, 4) is 0 Å². The molecule has 0 atom stereocenters. The van der Waals surface area contributed by atoms with E-state index in [-0.39, 0.29) is 12.0 Å². The van der Waals surface area contributed by atoms with E-state index in [0.717, 1.165) is 5.69 Å². The van der Waals surface area contributed by atoms with Crippen molar-refractivity contribution in [2.24, 2.45) is 0 Å². The highest BCUT2D eigenvalue weighted by atomic mass is 19.2. The number of carbonyl (C=O) groups is 1. The maximum atomic E-state index is 13.8. The van der Waals surface area contributed by atoms with Crippen LogP contribution in [0.2, 0.25) is 0 Å². The van der Waals surface area contributed by atoms with Crippen LogP contribution in [-0.2, 0) is 11.3 Å². The van der Waals surface area contributed by atoms with Crippen molar-refractivity contribution in [1.82, 2.24) is 4.98 Å². The van der Waals surface area contributed by atoms with Gasteiger partial charge in [0.15, 0.2) is 23.3 Å². The number of halogens is 4. The first-order valence-corrected chi connectivity index (χ1v) is 8.30. The first-order valence-electron chi connectivity index (χ1n) is 8.30. The summed E-state index contributed by atoms with van der Waals surface area (Å²) in [5, 5.41) is 5.46. The number of aromatic amines is 1. The largest absolute Gasteiger partial charge is 0.381 e. The number of benzene rings is 2. The monoisotopic (exact) mass is 387 g/mol. The average Bonchev–Trinajstić information content (AvgIpc) is 3.29. The molecule has 4 rings (SSSR count). The van der Waals surface area contributed by atoms with Crippen LogP contribution in [0.3, 0.4) is 0 Å². The van der Waals surface area contributed by atoms with Gasteiger partial charge in [-0.3, -0.25) is 4.79 Å². The summed E-state index contributed by atoms with van der Waals surface area (Å²) in [6.45, 7) is -0.470. The summed E-state index contributed by atoms with van der Waals surface area (Å²) in [6.07, 6.45) is 3.39. The molecule has 8 heteroatoms. The number of carbonyl (C=O) groups excluding carboxylic acids is 1. The van der Waals surface area contributed by atoms with Gasteiger partial charge in [-0.15, -0.1) is 0 Å². The fraction of sp³-hybridized carbons (Fsp3) is 0.0500. The van der Waals surface area contributed by atoms with E-state index in [4.69, 9.17) is 0 Å². The van der Waals surface area contributed by atoms with E-state index in [1.54, 1.807) is 42.6 Å². The van der Waals surface area contributed by atoms with Gasteiger partial charge in [0.2, 0.25) is 0 Å². The lowest BCUT2D eigenvalue weighted by molar-refractivity contribution is -0.110. The molecule has 0 bridgehead atoms. The summed E-state index contributed by atoms with van der Waals surface area (Å²) in [7, 11) is 0. The van der Waals surface area contributed by atoms with Crippen LogP contribution in [0.1, 0.15) is 16.8 Å². The SMILES string of the molecule is O=C1Nc2ccc(NCc3c(F)c(F)cc(F)c3F)cc2C1=Cc1ccc[nH]1. The highest BCUT2D eigenvalue weighted by molar-refractivity contribution is 6.35. The molecule has 2 heterocycles. The average molecular weight is 387 g/mol. The van der Waals surface area contributed by atoms with Gasteiger partial charge in [0.1, 0.15) is 0 Å². The molecule has 1 amide bonds. The highest BCUT2D eigenvalue weighted by Gasteiger charge is 2.25. The lowest BCUT2D eigenvalue weighted by Gasteiger charge is -2.11. The molecule has 0 spiro atoms. The van der Waals surface area contributed by atoms with Crippen LogP contribution in [0.4, 0.5) is 28.9 Å². The van der Waals surface area contributed by atoms with Gasteiger partial charge in [-0.25, -0.2) is 17.6 Å². The Bertz CT molecular complexity index is 1080. The van der Waals surface area contributed by atoms with E-state index in [1.165, 1.54) is 0 Å². The minimum absolute atomic E-state index is 0.165. The number of aromatic nitrogens is 1. The Kier molecular flexibility index (Phi) is 4.38. The second kappa shape index (κ2) is 6.88. The molecule has 0 saturated heterocycles. The molecule has 28 heavy (non-hydrogen) atoms. The smallest absolute Gasteiger partial charge is 0.256 e. The van der Waals surface area contributed by atoms with Crippen LogP contribution >= 0.6 is 0 Å². The number of hydrogen-bond donors (Lipinski definition) is 3. The van der Waals surface area contributed by atoms with Crippen LogP contribution in [0.5, 0.6) is 0 Å². The van der Waals surface area contributed by atoms with Crippen molar-refractivity contribution in [3.05, 3.63) is 82.7 Å². The number of rotatable bonds is 4. The molecule has 1 aromatic heterocycles. The minimum atomic E-state index is -1.46. The fourth-order valence-electron chi connectivity index (χ4n) is 3.00. The van der Waals surface area contributed by atoms with Crippen molar-refractivity contribution < 1.29 is 22.4 Å². The van der Waals surface area contributed by atoms with Crippen LogP contribution in [0, 0.1) is 23.3 Å². The van der Waals surface area contributed by atoms with Crippen LogP contribution in [-0.4, -0.2) is 10.9 Å². The Morgan fingerprint density at radius 2 is 1.75 bits per heavy atom. The predicted octanol–water partition coefficient (Wildman–Crippen LogP) is 4.68. The molecular formula is C20H13F4N3O. The van der Waals surface area contributed by atoms with Crippen molar-refractivity contribution in [1.29, 1.82) is 0 Å². The van der Waals surface area contributed by atoms with E-state index in [1.807, 2.05) is 0 Å². The van der Waals surface area contributed by atoms with Gasteiger partial charge in [0, 0.05) is 47.0 Å². The van der Waals surface area contributed by atoms with Gasteiger partial charge in [0.05, 0.1) is 5.57 Å². The summed E-state index contributed by atoms with van der Waals surface area (Å²) in [4.78, 5) is 15.2. The standard InChI is InChI=1S/C20H13F4N3O/c21-15-8-16(22)19(24)14(18(15)23)9-26-11-3-4-17-12(6-11)13(20(28)27-17)7-10-2-1-5-25-10/h1-8,25-26H,9H2,(H,27,28). The number of anilines is 2. The van der Waals surface area contributed by atoms with Gasteiger partial charge in [-0.1, -0.05) is 0 Å². The van der Waals surface area contributed by atoms with Crippen molar-refractivity contribution in [2.45, 2.75) is 6.54 Å². The van der Waals surface area contributed by atoms with Gasteiger partial charge >= 0.3 is 0 Å². The Labute approximate surface area is 156 Å². The zero-order valence-corrected chi connectivity index (χ0v) is 14.2. The van der Waals surface area contributed by atoms with Crippen molar-refractivity contribution >= 4 is 28.9 Å². The molecule has 2 aromatic carbocycles. The lowest BCUT2D eigenvalue weighted by atomic mass is 10.0. The summed E-state index contributed by atoms with van der Waals surface area (Å²) < 4.78 is 54.3. The molecule has 3 N–H and O–H groups in total. The Morgan fingerprint density at radius 3 is 2.43 bits per heavy atom. The molecule has 1 aliphatic heterocycles. The van der Waals surface area contributed by atoms with Crippen molar-refractivity contribution in [2.75, 3.05) is 10.6 Å². The second-order valence-electron chi connectivity index (χ2n) is 6.20. The van der Waals surface area contributed by atoms with Gasteiger partial charge in [0.25, 0.3) is 5.91 Å². The zero-order valence-electron chi connectivity index (χ0n) is 14.2. The maximum Gasteiger partial charge on any atom is 0.256 e. The third-order valence-corrected chi connectivity index (χ3v) is 4.40. The first-order chi connectivity index (χ1) is 13.4. The molecule has 3 aromatic rings. The third-order valence-electron chi connectivity index (χ3n) is 4.40. The number of fused-ring (bicyclic) bond motifs is 1. The molecule has 0 unspecified atom stereocenters. The van der Waals surface area contributed by atoms with Crippen LogP contribution in [0.15, 0.2) is 42.6 Å². The molecule has 0 aliphatic carbocycles. The summed E-state index contributed by atoms with van der Waals surface area (Å²) in [5.74, 6) is -6.11. The second-order valence-corrected chi connectivity index (χ2v) is 6.20. The molecule has 1 aliphatic rings. The van der Waals surface area contributed by atoms with E-state index in [2.05, 4.69) is 15.6 Å². The molecule has 0 saturated carbocycles. The topological polar surface area (TPSA) is 56.9 Å². The van der Waals surface area contributed by atoms with E-state index < -0.39 is 35.4 Å². The molecule has 0 fully saturated rings. The Hall–Kier alpha value is -3.55. The normalized spacial score (nSPS) is 14.3. The predicted molar refractivity (Wildman–Crippen MR) is 97.3 cm³/mol. The van der Waals surface area contributed by atoms with Crippen molar-refractivity contribution in [3.63, 3.8) is 0 Å². The zero-order chi connectivity index (χ0) is 19.8. The van der Waals surface area contributed by atoms with Crippen LogP contribution < -0.4 is 10.6 Å². The first kappa shape index (κ1) is 17.8. The van der Waals surface area contributed by atoms with E-state index >= 15 is 0 Å². The van der Waals surface area contributed by atoms with E-state index in [9.17, 15) is 22.4 Å². The van der Waals surface area contributed by atoms with Gasteiger partial charge in [-0.05, 0) is 36.4 Å². The molecule has 4 nitrogen and oxygen atoms in total. The van der Waals surface area contributed by atoms with E-state index in [0.29, 0.717) is 22.5 Å². The van der Waals surface area contributed by atoms with Crippen LogP contribution in [0.25, 0.3) is 11.6 Å². The fourth-order valence-corrected chi connectivity index (χ4v) is 3.00. The summed E-state index contributed by atoms with van der Waals surface area (Å²) >= 11 is 0.